The summed E-state index contributed by atoms with van der Waals surface area (Å²) < 4.78 is 10.3. The summed E-state index contributed by atoms with van der Waals surface area (Å²) in [7, 11) is 0. The number of amides is 2. The molecule has 0 aromatic heterocycles. The number of rotatable bonds is 7. The lowest BCUT2D eigenvalue weighted by atomic mass is 10.1. The second-order valence-corrected chi connectivity index (χ2v) is 6.06. The minimum absolute atomic E-state index is 0.0169. The van der Waals surface area contributed by atoms with Crippen LogP contribution in [0.25, 0.3) is 0 Å². The Labute approximate surface area is 163 Å². The lowest BCUT2D eigenvalue weighted by Gasteiger charge is -2.13. The van der Waals surface area contributed by atoms with E-state index in [0.29, 0.717) is 15.7 Å². The summed E-state index contributed by atoms with van der Waals surface area (Å²) in [4.78, 5) is 47.6. The molecule has 9 nitrogen and oxygen atoms in total. The minimum Gasteiger partial charge on any atom is -0.488 e. The van der Waals surface area contributed by atoms with Crippen molar-refractivity contribution in [1.29, 1.82) is 0 Å². The van der Waals surface area contributed by atoms with E-state index in [1.807, 2.05) is 0 Å². The Morgan fingerprint density at radius 3 is 2.54 bits per heavy atom. The Morgan fingerprint density at radius 2 is 1.82 bits per heavy atom. The van der Waals surface area contributed by atoms with Gasteiger partial charge < -0.3 is 9.47 Å². The number of nitrogens with zero attached hydrogens (tertiary/aromatic N) is 2. The highest BCUT2D eigenvalue weighted by Crippen LogP contribution is 2.30. The fourth-order valence-electron chi connectivity index (χ4n) is 2.66. The first kappa shape index (κ1) is 19.3. The van der Waals surface area contributed by atoms with E-state index in [9.17, 15) is 24.5 Å². The molecule has 0 spiro atoms. The van der Waals surface area contributed by atoms with Crippen molar-refractivity contribution in [3.05, 3.63) is 68.7 Å². The number of fused-ring (bicyclic) bond motifs is 1. The van der Waals surface area contributed by atoms with Crippen LogP contribution in [0, 0.1) is 10.1 Å². The molecule has 1 aliphatic rings. The number of hydrogen-bond acceptors (Lipinski definition) is 7. The first-order valence-electron chi connectivity index (χ1n) is 8.06. The molecule has 10 heteroatoms. The second-order valence-electron chi connectivity index (χ2n) is 5.65. The number of halogens is 1. The minimum atomic E-state index is -0.906. The van der Waals surface area contributed by atoms with Crippen molar-refractivity contribution >= 4 is 35.1 Å². The number of ether oxygens (including phenoxy) is 2. The normalized spacial score (nSPS) is 12.7. The van der Waals surface area contributed by atoms with Crippen molar-refractivity contribution in [2.75, 3.05) is 19.8 Å². The summed E-state index contributed by atoms with van der Waals surface area (Å²) in [5, 5.41) is 11.5. The van der Waals surface area contributed by atoms with E-state index in [2.05, 4.69) is 0 Å². The SMILES string of the molecule is O=C(CN1C(=O)c2cccc([N+](=O)[O-])c2C1=O)OCCOc1ccccc1Cl. The standard InChI is InChI=1S/C18H13ClN2O7/c19-12-5-1-2-7-14(12)27-8-9-28-15(22)10-20-17(23)11-4-3-6-13(21(25)26)16(11)18(20)24/h1-7H,8-10H2. The number of esters is 1. The number of nitro groups is 1. The summed E-state index contributed by atoms with van der Waals surface area (Å²) in [6.45, 7) is -0.772. The van der Waals surface area contributed by atoms with Crippen molar-refractivity contribution < 1.29 is 28.8 Å². The third kappa shape index (κ3) is 3.79. The molecule has 0 N–H and O–H groups in total. The Morgan fingerprint density at radius 1 is 1.07 bits per heavy atom. The molecule has 0 radical (unpaired) electrons. The van der Waals surface area contributed by atoms with Gasteiger partial charge in [0.2, 0.25) is 0 Å². The molecule has 144 valence electrons. The molecule has 0 unspecified atom stereocenters. The Kier molecular flexibility index (Phi) is 5.55. The summed E-state index contributed by atoms with van der Waals surface area (Å²) in [6, 6.07) is 10.5. The summed E-state index contributed by atoms with van der Waals surface area (Å²) in [6.07, 6.45) is 0. The molecule has 2 amide bonds. The van der Waals surface area contributed by atoms with Crippen LogP contribution in [0.3, 0.4) is 0 Å². The largest absolute Gasteiger partial charge is 0.488 e. The Balaban J connectivity index is 1.57. The number of imide groups is 1. The van der Waals surface area contributed by atoms with Crippen LogP contribution in [0.1, 0.15) is 20.7 Å². The molecule has 2 aromatic rings. The summed E-state index contributed by atoms with van der Waals surface area (Å²) >= 11 is 5.93. The van der Waals surface area contributed by atoms with E-state index in [1.165, 1.54) is 12.1 Å². The van der Waals surface area contributed by atoms with E-state index < -0.39 is 34.9 Å². The Hall–Kier alpha value is -3.46. The van der Waals surface area contributed by atoms with Gasteiger partial charge in [0.05, 0.1) is 15.5 Å². The molecule has 0 saturated carbocycles. The summed E-state index contributed by atoms with van der Waals surface area (Å²) in [5.41, 5.74) is -0.929. The number of benzene rings is 2. The average molecular weight is 405 g/mol. The molecule has 0 aliphatic carbocycles. The fourth-order valence-corrected chi connectivity index (χ4v) is 2.85. The predicted octanol–water partition coefficient (Wildman–Crippen LogP) is 2.47. The van der Waals surface area contributed by atoms with Crippen LogP contribution in [0.2, 0.25) is 5.02 Å². The number of para-hydroxylation sites is 1. The third-order valence-corrected chi connectivity index (χ3v) is 4.21. The van der Waals surface area contributed by atoms with Gasteiger partial charge in [0.15, 0.2) is 0 Å². The van der Waals surface area contributed by atoms with E-state index in [-0.39, 0.29) is 24.3 Å². The van der Waals surface area contributed by atoms with Crippen LogP contribution in [0.15, 0.2) is 42.5 Å². The smallest absolute Gasteiger partial charge is 0.326 e. The quantitative estimate of drug-likeness (QED) is 0.229. The van der Waals surface area contributed by atoms with E-state index in [0.717, 1.165) is 6.07 Å². The highest BCUT2D eigenvalue weighted by Gasteiger charge is 2.41. The summed E-state index contributed by atoms with van der Waals surface area (Å²) in [5.74, 6) is -2.11. The topological polar surface area (TPSA) is 116 Å². The molecule has 0 bridgehead atoms. The molecular formula is C18H13ClN2O7. The van der Waals surface area contributed by atoms with E-state index >= 15 is 0 Å². The van der Waals surface area contributed by atoms with Crippen molar-refractivity contribution in [1.82, 2.24) is 4.90 Å². The van der Waals surface area contributed by atoms with Gasteiger partial charge in [-0.3, -0.25) is 29.4 Å². The molecule has 3 rings (SSSR count). The molecule has 1 heterocycles. The number of carbonyl (C=O) groups is 3. The second kappa shape index (κ2) is 8.05. The predicted molar refractivity (Wildman–Crippen MR) is 96.4 cm³/mol. The molecule has 2 aromatic carbocycles. The van der Waals surface area contributed by atoms with E-state index in [4.69, 9.17) is 21.1 Å². The number of nitro benzene ring substituents is 1. The van der Waals surface area contributed by atoms with Crippen LogP contribution in [-0.4, -0.2) is 47.4 Å². The van der Waals surface area contributed by atoms with Crippen LogP contribution < -0.4 is 4.74 Å². The van der Waals surface area contributed by atoms with Crippen molar-refractivity contribution in [2.24, 2.45) is 0 Å². The molecule has 0 atom stereocenters. The molecule has 0 saturated heterocycles. The molecule has 1 aliphatic heterocycles. The molecular weight excluding hydrogens is 392 g/mol. The van der Waals surface area contributed by atoms with Crippen molar-refractivity contribution in [3.63, 3.8) is 0 Å². The number of hydrogen-bond donors (Lipinski definition) is 0. The van der Waals surface area contributed by atoms with Gasteiger partial charge in [-0.2, -0.15) is 0 Å². The monoisotopic (exact) mass is 404 g/mol. The number of carbonyl (C=O) groups excluding carboxylic acids is 3. The van der Waals surface area contributed by atoms with Gasteiger partial charge in [0, 0.05) is 6.07 Å². The third-order valence-electron chi connectivity index (χ3n) is 3.90. The van der Waals surface area contributed by atoms with Crippen molar-refractivity contribution in [3.8, 4) is 5.75 Å². The van der Waals surface area contributed by atoms with Gasteiger partial charge in [0.1, 0.15) is 31.1 Å². The highest BCUT2D eigenvalue weighted by molar-refractivity contribution is 6.32. The fraction of sp³-hybridized carbons (Fsp3) is 0.167. The van der Waals surface area contributed by atoms with Crippen molar-refractivity contribution in [2.45, 2.75) is 0 Å². The first-order valence-corrected chi connectivity index (χ1v) is 8.44. The zero-order chi connectivity index (χ0) is 20.3. The van der Waals surface area contributed by atoms with Crippen LogP contribution in [0.4, 0.5) is 5.69 Å². The van der Waals surface area contributed by atoms with Gasteiger partial charge in [-0.15, -0.1) is 0 Å². The first-order chi connectivity index (χ1) is 13.4. The van der Waals surface area contributed by atoms with Crippen LogP contribution in [-0.2, 0) is 9.53 Å². The zero-order valence-electron chi connectivity index (χ0n) is 14.3. The van der Waals surface area contributed by atoms with Crippen LogP contribution in [0.5, 0.6) is 5.75 Å². The highest BCUT2D eigenvalue weighted by atomic mass is 35.5. The van der Waals surface area contributed by atoms with Gasteiger partial charge in [0.25, 0.3) is 17.5 Å². The van der Waals surface area contributed by atoms with E-state index in [1.54, 1.807) is 24.3 Å². The molecule has 0 fully saturated rings. The van der Waals surface area contributed by atoms with Crippen LogP contribution >= 0.6 is 11.6 Å². The average Bonchev–Trinajstić information content (AvgIpc) is 2.91. The maximum Gasteiger partial charge on any atom is 0.326 e. The molecule has 28 heavy (non-hydrogen) atoms. The zero-order valence-corrected chi connectivity index (χ0v) is 15.0. The Bertz CT molecular complexity index is 976. The lowest BCUT2D eigenvalue weighted by Crippen LogP contribution is -2.36. The van der Waals surface area contributed by atoms with Gasteiger partial charge >= 0.3 is 5.97 Å². The van der Waals surface area contributed by atoms with Gasteiger partial charge in [-0.25, -0.2) is 0 Å². The maximum absolute atomic E-state index is 12.4. The van der Waals surface area contributed by atoms with Gasteiger partial charge in [-0.05, 0) is 18.2 Å². The maximum atomic E-state index is 12.4. The van der Waals surface area contributed by atoms with Gasteiger partial charge in [-0.1, -0.05) is 29.8 Å². The lowest BCUT2D eigenvalue weighted by molar-refractivity contribution is -0.385.